The highest BCUT2D eigenvalue weighted by Gasteiger charge is 2.21. The van der Waals surface area contributed by atoms with Crippen LogP contribution in [-0.2, 0) is 4.74 Å². The van der Waals surface area contributed by atoms with Gasteiger partial charge in [-0.25, -0.2) is 0 Å². The van der Waals surface area contributed by atoms with Crippen LogP contribution >= 0.6 is 0 Å². The number of rotatable bonds is 3. The van der Waals surface area contributed by atoms with Crippen molar-refractivity contribution in [3.8, 4) is 11.8 Å². The van der Waals surface area contributed by atoms with Gasteiger partial charge in [-0.15, -0.1) is 5.92 Å². The van der Waals surface area contributed by atoms with E-state index in [0.29, 0.717) is 0 Å². The predicted octanol–water partition coefficient (Wildman–Crippen LogP) is 1.72. The topological polar surface area (TPSA) is 29.5 Å². The Morgan fingerprint density at radius 3 is 3.08 bits per heavy atom. The summed E-state index contributed by atoms with van der Waals surface area (Å²) in [6.07, 6.45) is 4.56. The molecule has 1 aliphatic rings. The van der Waals surface area contributed by atoms with Crippen LogP contribution in [0.15, 0.2) is 0 Å². The summed E-state index contributed by atoms with van der Waals surface area (Å²) in [6, 6.07) is 0. The van der Waals surface area contributed by atoms with Crippen LogP contribution in [0.1, 0.15) is 39.0 Å². The Hall–Kier alpha value is -0.520. The fourth-order valence-electron chi connectivity index (χ4n) is 1.39. The molecule has 13 heavy (non-hydrogen) atoms. The molecule has 74 valence electrons. The van der Waals surface area contributed by atoms with Gasteiger partial charge in [-0.3, -0.25) is 0 Å². The summed E-state index contributed by atoms with van der Waals surface area (Å²) in [6.45, 7) is 2.91. The van der Waals surface area contributed by atoms with Gasteiger partial charge in [0.25, 0.3) is 0 Å². The first-order valence-corrected chi connectivity index (χ1v) is 5.12. The molecule has 0 aromatic rings. The first kappa shape index (κ1) is 10.6. The van der Waals surface area contributed by atoms with E-state index in [0.717, 1.165) is 38.7 Å². The van der Waals surface area contributed by atoms with Crippen molar-refractivity contribution in [1.82, 2.24) is 0 Å². The van der Waals surface area contributed by atoms with E-state index in [9.17, 15) is 5.11 Å². The summed E-state index contributed by atoms with van der Waals surface area (Å²) in [5.74, 6) is 5.82. The number of ether oxygens (including phenoxy) is 1. The second kappa shape index (κ2) is 6.01. The quantitative estimate of drug-likeness (QED) is 0.532. The van der Waals surface area contributed by atoms with Crippen LogP contribution in [-0.4, -0.2) is 23.9 Å². The Balaban J connectivity index is 2.20. The van der Waals surface area contributed by atoms with Gasteiger partial charge in [0.15, 0.2) is 0 Å². The van der Waals surface area contributed by atoms with Crippen LogP contribution in [0.5, 0.6) is 0 Å². The average Bonchev–Trinajstić information content (AvgIpc) is 2.65. The lowest BCUT2D eigenvalue weighted by Gasteiger charge is -2.10. The van der Waals surface area contributed by atoms with Crippen LogP contribution < -0.4 is 0 Å². The maximum absolute atomic E-state index is 9.55. The van der Waals surface area contributed by atoms with Crippen molar-refractivity contribution in [3.05, 3.63) is 0 Å². The number of hydrogen-bond donors (Lipinski definition) is 1. The van der Waals surface area contributed by atoms with E-state index in [4.69, 9.17) is 4.74 Å². The maximum atomic E-state index is 9.55. The highest BCUT2D eigenvalue weighted by molar-refractivity contribution is 5.07. The van der Waals surface area contributed by atoms with Crippen molar-refractivity contribution in [2.45, 2.75) is 51.2 Å². The van der Waals surface area contributed by atoms with E-state index in [2.05, 4.69) is 18.8 Å². The van der Waals surface area contributed by atoms with Gasteiger partial charge in [0.1, 0.15) is 6.10 Å². The number of unbranched alkanes of at least 4 members (excludes halogenated alkanes) is 2. The largest absolute Gasteiger partial charge is 0.378 e. The number of aliphatic hydroxyl groups excluding tert-OH is 1. The normalized spacial score (nSPS) is 23.7. The summed E-state index contributed by atoms with van der Waals surface area (Å²) in [5, 5.41) is 9.55. The Bertz CT molecular complexity index is 184. The molecule has 1 heterocycles. The molecule has 0 unspecified atom stereocenters. The van der Waals surface area contributed by atoms with Crippen molar-refractivity contribution in [3.63, 3.8) is 0 Å². The third-order valence-corrected chi connectivity index (χ3v) is 2.22. The molecule has 0 bridgehead atoms. The molecule has 2 nitrogen and oxygen atoms in total. The molecule has 0 amide bonds. The molecule has 0 aromatic carbocycles. The highest BCUT2D eigenvalue weighted by Crippen LogP contribution is 2.14. The zero-order chi connectivity index (χ0) is 9.52. The maximum Gasteiger partial charge on any atom is 0.140 e. The zero-order valence-electron chi connectivity index (χ0n) is 8.25. The Kier molecular flexibility index (Phi) is 4.88. The smallest absolute Gasteiger partial charge is 0.140 e. The fraction of sp³-hybridized carbons (Fsp3) is 0.818. The second-order valence-corrected chi connectivity index (χ2v) is 3.42. The molecule has 1 rings (SSSR count). The lowest BCUT2D eigenvalue weighted by atomic mass is 10.1. The van der Waals surface area contributed by atoms with Gasteiger partial charge in [-0.2, -0.15) is 0 Å². The molecule has 0 radical (unpaired) electrons. The minimum Gasteiger partial charge on any atom is -0.378 e. The summed E-state index contributed by atoms with van der Waals surface area (Å²) in [4.78, 5) is 0. The lowest BCUT2D eigenvalue weighted by Crippen LogP contribution is -2.23. The Morgan fingerprint density at radius 1 is 1.62 bits per heavy atom. The summed E-state index contributed by atoms with van der Waals surface area (Å²) in [5.41, 5.74) is 0. The van der Waals surface area contributed by atoms with Gasteiger partial charge >= 0.3 is 0 Å². The van der Waals surface area contributed by atoms with Gasteiger partial charge in [-0.05, 0) is 19.3 Å². The van der Waals surface area contributed by atoms with E-state index in [1.54, 1.807) is 0 Å². The van der Waals surface area contributed by atoms with Crippen LogP contribution in [0.2, 0.25) is 0 Å². The summed E-state index contributed by atoms with van der Waals surface area (Å²) < 4.78 is 5.32. The van der Waals surface area contributed by atoms with E-state index in [-0.39, 0.29) is 6.10 Å². The monoisotopic (exact) mass is 182 g/mol. The third kappa shape index (κ3) is 3.80. The van der Waals surface area contributed by atoms with Crippen LogP contribution in [0.4, 0.5) is 0 Å². The van der Waals surface area contributed by atoms with E-state index < -0.39 is 6.10 Å². The standard InChI is InChI=1S/C11H18O2/c1-2-3-4-5-7-10(12)11-8-6-9-13-11/h10-12H,2-4,6,8-9H2,1H3/t10-,11+/m1/s1. The number of aliphatic hydroxyl groups is 1. The molecule has 1 saturated heterocycles. The average molecular weight is 182 g/mol. The zero-order valence-corrected chi connectivity index (χ0v) is 8.25. The molecule has 0 aromatic heterocycles. The molecular weight excluding hydrogens is 164 g/mol. The van der Waals surface area contributed by atoms with E-state index in [1.165, 1.54) is 0 Å². The van der Waals surface area contributed by atoms with Crippen molar-refractivity contribution >= 4 is 0 Å². The van der Waals surface area contributed by atoms with Gasteiger partial charge in [-0.1, -0.05) is 19.3 Å². The molecule has 1 aliphatic heterocycles. The first-order valence-electron chi connectivity index (χ1n) is 5.12. The molecule has 0 saturated carbocycles. The summed E-state index contributed by atoms with van der Waals surface area (Å²) >= 11 is 0. The molecule has 2 heteroatoms. The third-order valence-electron chi connectivity index (χ3n) is 2.22. The van der Waals surface area contributed by atoms with Crippen molar-refractivity contribution in [2.24, 2.45) is 0 Å². The highest BCUT2D eigenvalue weighted by atomic mass is 16.5. The van der Waals surface area contributed by atoms with Gasteiger partial charge in [0.2, 0.25) is 0 Å². The minimum absolute atomic E-state index is 0.0332. The van der Waals surface area contributed by atoms with Gasteiger partial charge < -0.3 is 9.84 Å². The van der Waals surface area contributed by atoms with Crippen LogP contribution in [0, 0.1) is 11.8 Å². The molecular formula is C11H18O2. The van der Waals surface area contributed by atoms with Crippen LogP contribution in [0.3, 0.4) is 0 Å². The van der Waals surface area contributed by atoms with Crippen molar-refractivity contribution in [1.29, 1.82) is 0 Å². The first-order chi connectivity index (χ1) is 6.34. The molecule has 1 fully saturated rings. The fourth-order valence-corrected chi connectivity index (χ4v) is 1.39. The molecule has 0 aliphatic carbocycles. The molecule has 1 N–H and O–H groups in total. The Morgan fingerprint density at radius 2 is 2.46 bits per heavy atom. The SMILES string of the molecule is CCCCC#C[C@@H](O)[C@@H]1CCCO1. The van der Waals surface area contributed by atoms with Crippen LogP contribution in [0.25, 0.3) is 0 Å². The Labute approximate surface area is 80.3 Å². The second-order valence-electron chi connectivity index (χ2n) is 3.42. The molecule has 0 spiro atoms. The predicted molar refractivity (Wildman–Crippen MR) is 52.3 cm³/mol. The minimum atomic E-state index is -0.570. The van der Waals surface area contributed by atoms with Crippen molar-refractivity contribution in [2.75, 3.05) is 6.61 Å². The molecule has 2 atom stereocenters. The van der Waals surface area contributed by atoms with Crippen molar-refractivity contribution < 1.29 is 9.84 Å². The number of hydrogen-bond acceptors (Lipinski definition) is 2. The van der Waals surface area contributed by atoms with E-state index in [1.807, 2.05) is 0 Å². The van der Waals surface area contributed by atoms with E-state index >= 15 is 0 Å². The lowest BCUT2D eigenvalue weighted by molar-refractivity contribution is 0.0272. The summed E-state index contributed by atoms with van der Waals surface area (Å²) in [7, 11) is 0. The van der Waals surface area contributed by atoms with Gasteiger partial charge in [0.05, 0.1) is 6.10 Å². The van der Waals surface area contributed by atoms with Gasteiger partial charge in [0, 0.05) is 13.0 Å².